The minimum Gasteiger partial charge on any atom is -0.497 e. The molecule has 0 spiro atoms. The number of nitrogens with one attached hydrogen (secondary N) is 3. The maximum atomic E-state index is 11.6. The molecule has 20 heavy (non-hydrogen) atoms. The number of rotatable bonds is 6. The third-order valence-corrected chi connectivity index (χ3v) is 3.01. The molecule has 2 rings (SSSR count). The molecule has 1 aliphatic carbocycles. The maximum Gasteiger partial charge on any atom is 0.319 e. The molecule has 108 valence electrons. The van der Waals surface area contributed by atoms with E-state index in [2.05, 4.69) is 16.0 Å². The van der Waals surface area contributed by atoms with Crippen LogP contribution in [0.4, 0.5) is 10.5 Å². The Labute approximate surface area is 117 Å². The topological polar surface area (TPSA) is 79.5 Å². The summed E-state index contributed by atoms with van der Waals surface area (Å²) in [6.45, 7) is 0.853. The number of methoxy groups -OCH3 is 1. The first-order valence-corrected chi connectivity index (χ1v) is 6.65. The molecule has 1 aliphatic rings. The van der Waals surface area contributed by atoms with E-state index in [9.17, 15) is 9.59 Å². The zero-order valence-electron chi connectivity index (χ0n) is 11.4. The van der Waals surface area contributed by atoms with E-state index in [0.717, 1.165) is 18.6 Å². The van der Waals surface area contributed by atoms with Gasteiger partial charge in [0, 0.05) is 24.7 Å². The summed E-state index contributed by atoms with van der Waals surface area (Å²) in [5.41, 5.74) is 0.685. The number of anilines is 1. The lowest BCUT2D eigenvalue weighted by atomic mass is 10.3. The van der Waals surface area contributed by atoms with Crippen molar-refractivity contribution in [3.05, 3.63) is 24.3 Å². The van der Waals surface area contributed by atoms with Crippen LogP contribution >= 0.6 is 0 Å². The van der Waals surface area contributed by atoms with Crippen LogP contribution in [-0.2, 0) is 4.79 Å². The van der Waals surface area contributed by atoms with Crippen molar-refractivity contribution in [3.63, 3.8) is 0 Å². The maximum absolute atomic E-state index is 11.6. The number of carbonyl (C=O) groups excluding carboxylic acids is 2. The van der Waals surface area contributed by atoms with E-state index in [-0.39, 0.29) is 17.9 Å². The lowest BCUT2D eigenvalue weighted by Gasteiger charge is -2.09. The Morgan fingerprint density at radius 1 is 1.15 bits per heavy atom. The fraction of sp³-hybridized carbons (Fsp3) is 0.429. The monoisotopic (exact) mass is 277 g/mol. The average molecular weight is 277 g/mol. The van der Waals surface area contributed by atoms with E-state index in [1.54, 1.807) is 31.4 Å². The van der Waals surface area contributed by atoms with Gasteiger partial charge in [0.05, 0.1) is 7.11 Å². The molecule has 1 aromatic carbocycles. The van der Waals surface area contributed by atoms with Gasteiger partial charge in [-0.05, 0) is 37.1 Å². The molecule has 6 nitrogen and oxygen atoms in total. The highest BCUT2D eigenvalue weighted by molar-refractivity contribution is 5.89. The van der Waals surface area contributed by atoms with Crippen LogP contribution in [0.1, 0.15) is 12.8 Å². The molecule has 0 aromatic heterocycles. The molecule has 0 bridgehead atoms. The third-order valence-electron chi connectivity index (χ3n) is 3.01. The molecule has 0 saturated heterocycles. The fourth-order valence-electron chi connectivity index (χ4n) is 1.70. The molecular weight excluding hydrogens is 258 g/mol. The van der Waals surface area contributed by atoms with Gasteiger partial charge in [0.2, 0.25) is 5.91 Å². The summed E-state index contributed by atoms with van der Waals surface area (Å²) in [7, 11) is 1.59. The largest absolute Gasteiger partial charge is 0.497 e. The molecule has 1 saturated carbocycles. The van der Waals surface area contributed by atoms with Crippen molar-refractivity contribution >= 4 is 17.6 Å². The Balaban J connectivity index is 1.62. The van der Waals surface area contributed by atoms with Crippen molar-refractivity contribution < 1.29 is 14.3 Å². The second-order valence-electron chi connectivity index (χ2n) is 4.67. The van der Waals surface area contributed by atoms with Crippen LogP contribution in [0.3, 0.4) is 0 Å². The summed E-state index contributed by atoms with van der Waals surface area (Å²) < 4.78 is 5.03. The molecule has 1 fully saturated rings. The predicted octanol–water partition coefficient (Wildman–Crippen LogP) is 1.34. The van der Waals surface area contributed by atoms with Crippen LogP contribution in [-0.4, -0.2) is 32.1 Å². The fourth-order valence-corrected chi connectivity index (χ4v) is 1.70. The van der Waals surface area contributed by atoms with Gasteiger partial charge in [-0.3, -0.25) is 4.79 Å². The van der Waals surface area contributed by atoms with Gasteiger partial charge in [0.1, 0.15) is 5.75 Å². The molecule has 1 aromatic rings. The number of ether oxygens (including phenoxy) is 1. The van der Waals surface area contributed by atoms with Crippen molar-refractivity contribution in [2.24, 2.45) is 5.92 Å². The molecule has 3 amide bonds. The zero-order chi connectivity index (χ0) is 14.4. The summed E-state index contributed by atoms with van der Waals surface area (Å²) in [5, 5.41) is 8.16. The Morgan fingerprint density at radius 3 is 2.40 bits per heavy atom. The van der Waals surface area contributed by atoms with Gasteiger partial charge >= 0.3 is 6.03 Å². The van der Waals surface area contributed by atoms with Crippen molar-refractivity contribution in [1.29, 1.82) is 0 Å². The average Bonchev–Trinajstić information content (AvgIpc) is 3.29. The smallest absolute Gasteiger partial charge is 0.319 e. The van der Waals surface area contributed by atoms with Crippen molar-refractivity contribution in [2.45, 2.75) is 12.8 Å². The highest BCUT2D eigenvalue weighted by Crippen LogP contribution is 2.28. The summed E-state index contributed by atoms with van der Waals surface area (Å²) in [6, 6.07) is 6.76. The van der Waals surface area contributed by atoms with Gasteiger partial charge in [-0.15, -0.1) is 0 Å². The van der Waals surface area contributed by atoms with Gasteiger partial charge in [-0.25, -0.2) is 4.79 Å². The standard InChI is InChI=1S/C14H19N3O3/c1-20-12-6-4-11(5-7-12)17-14(19)16-9-8-15-13(18)10-2-3-10/h4-7,10H,2-3,8-9H2,1H3,(H,15,18)(H2,16,17,19). The number of urea groups is 1. The van der Waals surface area contributed by atoms with E-state index in [1.807, 2.05) is 0 Å². The Bertz CT molecular complexity index is 469. The normalized spacial score (nSPS) is 13.4. The highest BCUT2D eigenvalue weighted by atomic mass is 16.5. The quantitative estimate of drug-likeness (QED) is 0.687. The Morgan fingerprint density at radius 2 is 1.80 bits per heavy atom. The molecule has 0 atom stereocenters. The van der Waals surface area contributed by atoms with Crippen LogP contribution in [0.15, 0.2) is 24.3 Å². The number of hydrogen-bond donors (Lipinski definition) is 3. The number of amides is 3. The van der Waals surface area contributed by atoms with Crippen LogP contribution in [0.2, 0.25) is 0 Å². The van der Waals surface area contributed by atoms with Crippen molar-refractivity contribution in [1.82, 2.24) is 10.6 Å². The van der Waals surface area contributed by atoms with Crippen molar-refractivity contribution in [3.8, 4) is 5.75 Å². The van der Waals surface area contributed by atoms with E-state index in [4.69, 9.17) is 4.74 Å². The van der Waals surface area contributed by atoms with Gasteiger partial charge in [0.25, 0.3) is 0 Å². The summed E-state index contributed by atoms with van der Waals surface area (Å²) in [4.78, 5) is 22.9. The van der Waals surface area contributed by atoms with E-state index in [0.29, 0.717) is 18.8 Å². The summed E-state index contributed by atoms with van der Waals surface area (Å²) in [6.07, 6.45) is 1.97. The van der Waals surface area contributed by atoms with Gasteiger partial charge in [0.15, 0.2) is 0 Å². The summed E-state index contributed by atoms with van der Waals surface area (Å²) >= 11 is 0. The number of carbonyl (C=O) groups is 2. The number of hydrogen-bond acceptors (Lipinski definition) is 3. The first-order chi connectivity index (χ1) is 9.69. The first kappa shape index (κ1) is 14.2. The lowest BCUT2D eigenvalue weighted by molar-refractivity contribution is -0.122. The van der Waals surface area contributed by atoms with E-state index in [1.165, 1.54) is 0 Å². The van der Waals surface area contributed by atoms with Crippen LogP contribution < -0.4 is 20.7 Å². The lowest BCUT2D eigenvalue weighted by Crippen LogP contribution is -2.37. The SMILES string of the molecule is COc1ccc(NC(=O)NCCNC(=O)C2CC2)cc1. The molecule has 0 aliphatic heterocycles. The van der Waals surface area contributed by atoms with Gasteiger partial charge in [-0.1, -0.05) is 0 Å². The Hall–Kier alpha value is -2.24. The zero-order valence-corrected chi connectivity index (χ0v) is 11.4. The predicted molar refractivity (Wildman–Crippen MR) is 75.7 cm³/mol. The van der Waals surface area contributed by atoms with Gasteiger partial charge < -0.3 is 20.7 Å². The third kappa shape index (κ3) is 4.46. The molecule has 6 heteroatoms. The van der Waals surface area contributed by atoms with Gasteiger partial charge in [-0.2, -0.15) is 0 Å². The minimum absolute atomic E-state index is 0.0855. The second kappa shape index (κ2) is 6.79. The number of benzene rings is 1. The van der Waals surface area contributed by atoms with E-state index >= 15 is 0 Å². The van der Waals surface area contributed by atoms with Crippen LogP contribution in [0.25, 0.3) is 0 Å². The molecule has 0 radical (unpaired) electrons. The van der Waals surface area contributed by atoms with Crippen LogP contribution in [0, 0.1) is 5.92 Å². The molecule has 3 N–H and O–H groups in total. The summed E-state index contributed by atoms with van der Waals surface area (Å²) in [5.74, 6) is 1.02. The van der Waals surface area contributed by atoms with E-state index < -0.39 is 0 Å². The van der Waals surface area contributed by atoms with Crippen LogP contribution in [0.5, 0.6) is 5.75 Å². The molecular formula is C14H19N3O3. The Kier molecular flexibility index (Phi) is 4.81. The first-order valence-electron chi connectivity index (χ1n) is 6.65. The van der Waals surface area contributed by atoms with Crippen molar-refractivity contribution in [2.75, 3.05) is 25.5 Å². The molecule has 0 unspecified atom stereocenters. The molecule has 0 heterocycles. The minimum atomic E-state index is -0.296. The second-order valence-corrected chi connectivity index (χ2v) is 4.67. The highest BCUT2D eigenvalue weighted by Gasteiger charge is 2.28.